The molecule has 0 aliphatic rings. The summed E-state index contributed by atoms with van der Waals surface area (Å²) in [5.41, 5.74) is 2.16. The molecule has 0 spiro atoms. The number of nitrogens with one attached hydrogen (secondary N) is 1. The molecule has 3 aromatic carbocycles. The maximum absolute atomic E-state index is 13.6. The number of para-hydroxylation sites is 1. The molecule has 1 amide bonds. The lowest BCUT2D eigenvalue weighted by Crippen LogP contribution is -2.32. The van der Waals surface area contributed by atoms with E-state index in [2.05, 4.69) is 5.32 Å². The molecule has 36 heavy (non-hydrogen) atoms. The summed E-state index contributed by atoms with van der Waals surface area (Å²) in [5.74, 6) is -0.0254. The normalized spacial score (nSPS) is 12.1. The maximum atomic E-state index is 13.6. The fourth-order valence-corrected chi connectivity index (χ4v) is 4.91. The molecule has 0 atom stereocenters. The number of thiazole rings is 1. The third kappa shape index (κ3) is 5.41. The van der Waals surface area contributed by atoms with Crippen molar-refractivity contribution >= 4 is 46.2 Å². The highest BCUT2D eigenvalue weighted by Gasteiger charge is 2.17. The number of amides is 1. The second-order valence-corrected chi connectivity index (χ2v) is 9.28. The maximum Gasteiger partial charge on any atom is 0.273 e. The van der Waals surface area contributed by atoms with Crippen molar-refractivity contribution < 1.29 is 9.53 Å². The molecule has 4 aromatic rings. The Morgan fingerprint density at radius 2 is 1.92 bits per heavy atom. The van der Waals surface area contributed by atoms with Gasteiger partial charge < -0.3 is 10.1 Å². The van der Waals surface area contributed by atoms with Gasteiger partial charge >= 0.3 is 0 Å². The minimum absolute atomic E-state index is 0.168. The van der Waals surface area contributed by atoms with Gasteiger partial charge in [-0.1, -0.05) is 41.9 Å². The van der Waals surface area contributed by atoms with Crippen molar-refractivity contribution in [2.75, 3.05) is 11.9 Å². The number of aromatic nitrogens is 1. The SMILES string of the molecule is CCOc1ccc(Cl)cc1C=c1sc(=C(C#N)C(=O)Nc2cccc(C)c2)n(-c2ccccc2)c1=O. The van der Waals surface area contributed by atoms with E-state index < -0.39 is 5.91 Å². The van der Waals surface area contributed by atoms with Gasteiger partial charge in [0, 0.05) is 16.3 Å². The number of hydrogen-bond donors (Lipinski definition) is 1. The Bertz CT molecular complexity index is 1650. The van der Waals surface area contributed by atoms with Crippen LogP contribution in [0.1, 0.15) is 18.1 Å². The average molecular weight is 516 g/mol. The van der Waals surface area contributed by atoms with E-state index in [4.69, 9.17) is 16.3 Å². The monoisotopic (exact) mass is 515 g/mol. The van der Waals surface area contributed by atoms with Gasteiger partial charge in [0.05, 0.1) is 16.8 Å². The van der Waals surface area contributed by atoms with Crippen molar-refractivity contribution in [3.63, 3.8) is 0 Å². The van der Waals surface area contributed by atoms with E-state index in [0.29, 0.717) is 38.8 Å². The summed E-state index contributed by atoms with van der Waals surface area (Å²) < 4.78 is 7.63. The van der Waals surface area contributed by atoms with Crippen molar-refractivity contribution in [3.8, 4) is 17.5 Å². The molecular formula is C28H22ClN3O3S. The Hall–Kier alpha value is -4.12. The Kier molecular flexibility index (Phi) is 7.69. The number of halogens is 1. The smallest absolute Gasteiger partial charge is 0.273 e. The van der Waals surface area contributed by atoms with Gasteiger partial charge in [0.15, 0.2) is 5.57 Å². The molecule has 0 unspecified atom stereocenters. The van der Waals surface area contributed by atoms with E-state index in [9.17, 15) is 14.9 Å². The number of carbonyl (C=O) groups is 1. The summed E-state index contributed by atoms with van der Waals surface area (Å²) in [4.78, 5) is 26.8. The number of aryl methyl sites for hydroxylation is 1. The van der Waals surface area contributed by atoms with Gasteiger partial charge in [0.25, 0.3) is 11.5 Å². The van der Waals surface area contributed by atoms with Gasteiger partial charge in [-0.05, 0) is 68.0 Å². The van der Waals surface area contributed by atoms with Crippen LogP contribution < -0.4 is 24.8 Å². The largest absolute Gasteiger partial charge is 0.493 e. The first-order valence-corrected chi connectivity index (χ1v) is 12.3. The van der Waals surface area contributed by atoms with Gasteiger partial charge in [-0.25, -0.2) is 0 Å². The summed E-state index contributed by atoms with van der Waals surface area (Å²) in [5, 5.41) is 13.3. The van der Waals surface area contributed by atoms with E-state index in [1.807, 2.05) is 38.1 Å². The predicted molar refractivity (Wildman–Crippen MR) is 144 cm³/mol. The number of hydrogen-bond acceptors (Lipinski definition) is 5. The standard InChI is InChI=1S/C28H22ClN3O3S/c1-3-35-24-13-12-20(29)15-19(24)16-25-27(34)32(22-10-5-4-6-11-22)28(36-25)23(17-30)26(33)31-21-9-7-8-18(2)14-21/h4-16H,3H2,1-2H3,(H,31,33). The molecule has 0 aliphatic carbocycles. The molecule has 0 saturated carbocycles. The third-order valence-corrected chi connectivity index (χ3v) is 6.55. The van der Waals surface area contributed by atoms with Gasteiger partial charge in [0.1, 0.15) is 16.5 Å². The number of anilines is 1. The Morgan fingerprint density at radius 3 is 2.61 bits per heavy atom. The second kappa shape index (κ2) is 11.1. The van der Waals surface area contributed by atoms with Crippen LogP contribution in [-0.4, -0.2) is 17.1 Å². The average Bonchev–Trinajstić information content (AvgIpc) is 3.17. The highest BCUT2D eigenvalue weighted by Crippen LogP contribution is 2.23. The molecule has 0 saturated heterocycles. The van der Waals surface area contributed by atoms with Crippen molar-refractivity contribution in [1.82, 2.24) is 4.57 Å². The van der Waals surface area contributed by atoms with Crippen LogP contribution in [0.4, 0.5) is 5.69 Å². The molecule has 0 fully saturated rings. The first-order chi connectivity index (χ1) is 17.4. The summed E-state index contributed by atoms with van der Waals surface area (Å²) in [6.07, 6.45) is 1.67. The van der Waals surface area contributed by atoms with Crippen LogP contribution >= 0.6 is 22.9 Å². The Balaban J connectivity index is 1.97. The molecule has 0 bridgehead atoms. The molecule has 0 radical (unpaired) electrons. The Labute approximate surface area is 217 Å². The van der Waals surface area contributed by atoms with Gasteiger partial charge in [-0.15, -0.1) is 11.3 Å². The molecule has 6 nitrogen and oxygen atoms in total. The number of nitrogens with zero attached hydrogens (tertiary/aromatic N) is 2. The molecule has 180 valence electrons. The van der Waals surface area contributed by atoms with Crippen LogP contribution in [-0.2, 0) is 4.79 Å². The van der Waals surface area contributed by atoms with Crippen molar-refractivity contribution in [3.05, 3.63) is 108 Å². The van der Waals surface area contributed by atoms with Crippen LogP contribution in [0.15, 0.2) is 77.6 Å². The van der Waals surface area contributed by atoms with Crippen LogP contribution in [0.25, 0.3) is 17.3 Å². The van der Waals surface area contributed by atoms with Crippen LogP contribution in [0.3, 0.4) is 0 Å². The molecule has 1 aromatic heterocycles. The van der Waals surface area contributed by atoms with E-state index in [-0.39, 0.29) is 15.8 Å². The van der Waals surface area contributed by atoms with Crippen LogP contribution in [0, 0.1) is 18.3 Å². The van der Waals surface area contributed by atoms with Gasteiger partial charge in [-0.2, -0.15) is 5.26 Å². The number of rotatable bonds is 6. The molecule has 1 N–H and O–H groups in total. The van der Waals surface area contributed by atoms with Crippen molar-refractivity contribution in [1.29, 1.82) is 5.26 Å². The minimum atomic E-state index is -0.599. The highest BCUT2D eigenvalue weighted by molar-refractivity contribution is 7.07. The lowest BCUT2D eigenvalue weighted by Gasteiger charge is -2.06. The van der Waals surface area contributed by atoms with Gasteiger partial charge in [0.2, 0.25) is 0 Å². The molecule has 0 aliphatic heterocycles. The predicted octanol–water partition coefficient (Wildman–Crippen LogP) is 4.40. The van der Waals surface area contributed by atoms with Crippen LogP contribution in [0.5, 0.6) is 5.75 Å². The minimum Gasteiger partial charge on any atom is -0.493 e. The zero-order chi connectivity index (χ0) is 25.7. The summed E-state index contributed by atoms with van der Waals surface area (Å²) in [6.45, 7) is 4.22. The fourth-order valence-electron chi connectivity index (χ4n) is 3.63. The molecule has 1 heterocycles. The van der Waals surface area contributed by atoms with Crippen molar-refractivity contribution in [2.45, 2.75) is 13.8 Å². The van der Waals surface area contributed by atoms with Crippen LogP contribution in [0.2, 0.25) is 5.02 Å². The Morgan fingerprint density at radius 1 is 1.14 bits per heavy atom. The topological polar surface area (TPSA) is 84.1 Å². The quantitative estimate of drug-likeness (QED) is 0.412. The lowest BCUT2D eigenvalue weighted by molar-refractivity contribution is -0.111. The van der Waals surface area contributed by atoms with E-state index in [1.54, 1.807) is 60.7 Å². The zero-order valence-electron chi connectivity index (χ0n) is 19.6. The van der Waals surface area contributed by atoms with Crippen molar-refractivity contribution in [2.24, 2.45) is 0 Å². The lowest BCUT2D eigenvalue weighted by atomic mass is 10.2. The number of nitriles is 1. The van der Waals surface area contributed by atoms with Gasteiger partial charge in [-0.3, -0.25) is 14.2 Å². The zero-order valence-corrected chi connectivity index (χ0v) is 21.2. The number of carbonyl (C=O) groups excluding carboxylic acids is 1. The van der Waals surface area contributed by atoms with E-state index in [1.165, 1.54) is 4.57 Å². The highest BCUT2D eigenvalue weighted by atomic mass is 35.5. The summed E-state index contributed by atoms with van der Waals surface area (Å²) in [6, 6.07) is 23.3. The first-order valence-electron chi connectivity index (χ1n) is 11.1. The second-order valence-electron chi connectivity index (χ2n) is 7.82. The summed E-state index contributed by atoms with van der Waals surface area (Å²) in [7, 11) is 0. The third-order valence-electron chi connectivity index (χ3n) is 5.22. The first kappa shape index (κ1) is 25.0. The van der Waals surface area contributed by atoms with E-state index in [0.717, 1.165) is 16.9 Å². The summed E-state index contributed by atoms with van der Waals surface area (Å²) >= 11 is 7.26. The fraction of sp³-hybridized carbons (Fsp3) is 0.107. The molecule has 8 heteroatoms. The number of ether oxygens (including phenoxy) is 1. The van der Waals surface area contributed by atoms with E-state index >= 15 is 0 Å². The molecule has 4 rings (SSSR count). The number of benzene rings is 3. The molecular weight excluding hydrogens is 494 g/mol.